The van der Waals surface area contributed by atoms with Crippen LogP contribution in [-0.4, -0.2) is 12.9 Å². The van der Waals surface area contributed by atoms with Crippen molar-refractivity contribution in [2.45, 2.75) is 39.2 Å². The van der Waals surface area contributed by atoms with Crippen molar-refractivity contribution in [3.05, 3.63) is 147 Å². The summed E-state index contributed by atoms with van der Waals surface area (Å²) in [6.45, 7) is 11.0. The average Bonchev–Trinajstić information content (AvgIpc) is 3.67. The van der Waals surface area contributed by atoms with Crippen molar-refractivity contribution in [2.24, 2.45) is 0 Å². The Bertz CT molecular complexity index is 1560. The van der Waals surface area contributed by atoms with Gasteiger partial charge in [0, 0.05) is 0 Å². The van der Waals surface area contributed by atoms with Crippen LogP contribution in [0.5, 0.6) is 0 Å². The normalized spacial score (nSPS) is 9.93. The van der Waals surface area contributed by atoms with Crippen molar-refractivity contribution in [1.29, 1.82) is 0 Å². The zero-order chi connectivity index (χ0) is 31.2. The molecule has 6 aromatic rings. The minimum atomic E-state index is -2.30. The number of hydrogen-bond donors (Lipinski definition) is 0. The van der Waals surface area contributed by atoms with Gasteiger partial charge in [-0.3, -0.25) is 0 Å². The molecule has 6 rings (SSSR count). The summed E-state index contributed by atoms with van der Waals surface area (Å²) in [5.74, 6) is 0. The van der Waals surface area contributed by atoms with Crippen molar-refractivity contribution >= 4 is 92.5 Å². The summed E-state index contributed by atoms with van der Waals surface area (Å²) < 4.78 is 0. The van der Waals surface area contributed by atoms with Crippen molar-refractivity contribution in [3.8, 4) is 22.3 Å². The van der Waals surface area contributed by atoms with E-state index < -0.39 is 6.00 Å². The van der Waals surface area contributed by atoms with Gasteiger partial charge in [-0.1, -0.05) is 97.8 Å². The van der Waals surface area contributed by atoms with Crippen LogP contribution in [0.2, 0.25) is 6.04 Å². The molecular formula is C38H41Cl5Si2Zr-4. The van der Waals surface area contributed by atoms with Gasteiger partial charge >= 0.3 is 36.2 Å². The van der Waals surface area contributed by atoms with Crippen molar-refractivity contribution in [3.63, 3.8) is 0 Å². The first-order chi connectivity index (χ1) is 20.8. The zero-order valence-corrected chi connectivity index (χ0v) is 34.9. The fourth-order valence-electron chi connectivity index (χ4n) is 4.94. The molecule has 0 heterocycles. The third kappa shape index (κ3) is 13.4. The molecule has 0 saturated carbocycles. The number of rotatable bonds is 6. The van der Waals surface area contributed by atoms with Gasteiger partial charge in [0.2, 0.25) is 0 Å². The molecule has 46 heavy (non-hydrogen) atoms. The molecule has 0 aliphatic rings. The van der Waals surface area contributed by atoms with E-state index in [1.807, 2.05) is 0 Å². The first-order valence-corrected chi connectivity index (χ1v) is 23.8. The van der Waals surface area contributed by atoms with E-state index in [4.69, 9.17) is 33.2 Å². The molecule has 0 aliphatic carbocycles. The van der Waals surface area contributed by atoms with Crippen LogP contribution in [0.4, 0.5) is 0 Å². The molecule has 0 N–H and O–H groups in total. The Kier molecular flexibility index (Phi) is 22.7. The monoisotopic (exact) mass is 818 g/mol. The molecule has 244 valence electrons. The summed E-state index contributed by atoms with van der Waals surface area (Å²) in [4.78, 5) is 0. The number of benzene rings is 4. The molecule has 2 radical (unpaired) electrons. The second-order valence-corrected chi connectivity index (χ2v) is 19.3. The zero-order valence-electron chi connectivity index (χ0n) is 26.5. The minimum absolute atomic E-state index is 0. The third-order valence-electron chi connectivity index (χ3n) is 7.07. The van der Waals surface area contributed by atoms with Gasteiger partial charge in [-0.15, -0.1) is 127 Å². The van der Waals surface area contributed by atoms with Crippen LogP contribution in [-0.2, 0) is 36.2 Å². The molecule has 0 aromatic heterocycles. The summed E-state index contributed by atoms with van der Waals surface area (Å²) in [6, 6.07) is 41.9. The fourth-order valence-corrected chi connectivity index (χ4v) is 6.54. The average molecular weight is 822 g/mol. The number of fused-ring (bicyclic) bond motifs is 2. The molecular weight excluding hydrogens is 781 g/mol. The maximum absolute atomic E-state index is 5.46. The van der Waals surface area contributed by atoms with Crippen LogP contribution in [0.25, 0.3) is 43.8 Å². The van der Waals surface area contributed by atoms with Crippen molar-refractivity contribution in [2.75, 3.05) is 0 Å². The topological polar surface area (TPSA) is 0 Å². The summed E-state index contributed by atoms with van der Waals surface area (Å²) in [5.41, 5.74) is 8.11. The van der Waals surface area contributed by atoms with Gasteiger partial charge < -0.3 is 14.4 Å². The number of hydrogen-bond acceptors (Lipinski definition) is 0. The van der Waals surface area contributed by atoms with Crippen LogP contribution in [0.1, 0.15) is 31.4 Å². The van der Waals surface area contributed by atoms with Crippen LogP contribution in [0.15, 0.2) is 121 Å². The molecule has 0 amide bonds. The van der Waals surface area contributed by atoms with Crippen LogP contribution in [0, 0.1) is 14.4 Å². The molecule has 0 spiro atoms. The Labute approximate surface area is 321 Å². The van der Waals surface area contributed by atoms with Gasteiger partial charge in [0.25, 0.3) is 0 Å². The predicted molar refractivity (Wildman–Crippen MR) is 213 cm³/mol. The molecule has 6 aromatic carbocycles. The van der Waals surface area contributed by atoms with Crippen LogP contribution >= 0.6 is 58.1 Å². The van der Waals surface area contributed by atoms with Crippen LogP contribution in [0.3, 0.4) is 0 Å². The Morgan fingerprint density at radius 2 is 1.00 bits per heavy atom. The predicted octanol–water partition coefficient (Wildman–Crippen LogP) is 13.4. The van der Waals surface area contributed by atoms with Gasteiger partial charge in [0.15, 0.2) is 0 Å². The Hall–Kier alpha value is -1.13. The second kappa shape index (κ2) is 23.3. The summed E-state index contributed by atoms with van der Waals surface area (Å²) >= 11 is 17.7. The molecule has 0 fully saturated rings. The molecule has 0 bridgehead atoms. The Balaban J connectivity index is 0.000000669. The van der Waals surface area contributed by atoms with Gasteiger partial charge in [-0.25, -0.2) is 0 Å². The summed E-state index contributed by atoms with van der Waals surface area (Å²) in [6.07, 6.45) is 2.93. The van der Waals surface area contributed by atoms with Gasteiger partial charge in [-0.05, 0) is 30.0 Å². The summed E-state index contributed by atoms with van der Waals surface area (Å²) in [7, 11) is 0. The molecule has 0 unspecified atom stereocenters. The Morgan fingerprint density at radius 1 is 0.630 bits per heavy atom. The molecule has 0 saturated heterocycles. The quantitative estimate of drug-likeness (QED) is 0.0892. The number of halogens is 5. The second-order valence-electron chi connectivity index (χ2n) is 10.0. The van der Waals surface area contributed by atoms with E-state index in [1.165, 1.54) is 78.3 Å². The van der Waals surface area contributed by atoms with E-state index in [1.54, 1.807) is 0 Å². The van der Waals surface area contributed by atoms with Gasteiger partial charge in [0.05, 0.1) is 0 Å². The Morgan fingerprint density at radius 3 is 1.28 bits per heavy atom. The van der Waals surface area contributed by atoms with Gasteiger partial charge in [0.1, 0.15) is 0 Å². The molecule has 0 nitrogen and oxygen atoms in total. The fraction of sp³-hybridized carbons (Fsp3) is 0.158. The van der Waals surface area contributed by atoms with Crippen molar-refractivity contribution in [1.82, 2.24) is 0 Å². The van der Waals surface area contributed by atoms with E-state index >= 15 is 0 Å². The first kappa shape index (κ1) is 44.9. The van der Waals surface area contributed by atoms with E-state index in [2.05, 4.69) is 149 Å². The molecule has 8 heteroatoms. The molecule has 0 aliphatic heterocycles. The maximum atomic E-state index is 5.46. The number of aryl methyl sites for hydroxylation is 2. The standard InChI is InChI=1S/2C17H15.C3H6Cl3Si.CH3.2ClH.Si.Zr/c2*1-2-13-11-15-9-6-10-16(17(15)12-13)14-7-4-3-5-8-14;1-2-3-7(4,5)6;;;;;/h2*3-12H,2H2,1H3;1-3H2;1H3;2*1H;;/q4*-1;;;;. The van der Waals surface area contributed by atoms with Gasteiger partial charge in [-0.2, -0.15) is 18.6 Å². The molecule has 0 atom stereocenters. The summed E-state index contributed by atoms with van der Waals surface area (Å²) in [5, 5.41) is 5.44. The van der Waals surface area contributed by atoms with E-state index in [0.29, 0.717) is 6.04 Å². The van der Waals surface area contributed by atoms with Crippen molar-refractivity contribution < 1.29 is 23.3 Å². The SMILES string of the molecule is CCc1cc2c(-c3ccccc3)cccc2[cH-]1.CCc1cc2c(-c3ccccc3)cccc2[cH-]1.Cl.Cl.[CH2-]CC[Si](Cl)(Cl)Cl.[CH3-].[Si]=[Zr]. The van der Waals surface area contributed by atoms with E-state index in [-0.39, 0.29) is 32.2 Å². The van der Waals surface area contributed by atoms with E-state index in [0.717, 1.165) is 19.3 Å². The van der Waals surface area contributed by atoms with Crippen LogP contribution < -0.4 is 0 Å². The van der Waals surface area contributed by atoms with E-state index in [9.17, 15) is 0 Å². The third-order valence-corrected chi connectivity index (χ3v) is 9.69. The first-order valence-electron chi connectivity index (χ1n) is 14.4.